The van der Waals surface area contributed by atoms with Gasteiger partial charge in [0, 0.05) is 19.1 Å². The highest BCUT2D eigenvalue weighted by atomic mass is 16.5. The number of carbonyl (C=O) groups excluding carboxylic acids is 1. The van der Waals surface area contributed by atoms with Crippen molar-refractivity contribution in [3.63, 3.8) is 0 Å². The van der Waals surface area contributed by atoms with E-state index in [9.17, 15) is 4.79 Å². The van der Waals surface area contributed by atoms with Crippen molar-refractivity contribution in [2.75, 3.05) is 20.2 Å². The van der Waals surface area contributed by atoms with E-state index in [0.29, 0.717) is 12.5 Å². The van der Waals surface area contributed by atoms with Gasteiger partial charge in [0.2, 0.25) is 0 Å². The Morgan fingerprint density at radius 3 is 2.71 bits per heavy atom. The van der Waals surface area contributed by atoms with Crippen LogP contribution in [0.25, 0.3) is 0 Å². The first-order chi connectivity index (χ1) is 10.1. The number of likely N-dealkylation sites (tertiary alicyclic amines) is 1. The molecule has 1 aliphatic heterocycles. The summed E-state index contributed by atoms with van der Waals surface area (Å²) in [6.45, 7) is 2.03. The molecule has 2 bridgehead atoms. The standard InChI is InChI=1S/C17H24N2O2/c1-21-16(20)17(18,14-5-3-2-4-6-14)9-10-19-12-13-7-8-15(19)11-13/h2-6,13,15H,7-12,18H2,1H3. The van der Waals surface area contributed by atoms with Gasteiger partial charge >= 0.3 is 5.97 Å². The molecule has 1 saturated carbocycles. The van der Waals surface area contributed by atoms with Gasteiger partial charge in [-0.15, -0.1) is 0 Å². The summed E-state index contributed by atoms with van der Waals surface area (Å²) in [6, 6.07) is 10.3. The van der Waals surface area contributed by atoms with Crippen molar-refractivity contribution in [2.24, 2.45) is 11.7 Å². The van der Waals surface area contributed by atoms with Crippen molar-refractivity contribution in [3.05, 3.63) is 35.9 Å². The van der Waals surface area contributed by atoms with Gasteiger partial charge in [-0.05, 0) is 37.2 Å². The van der Waals surface area contributed by atoms with Crippen LogP contribution in [0, 0.1) is 5.92 Å². The van der Waals surface area contributed by atoms with Gasteiger partial charge in [0.1, 0.15) is 5.54 Å². The second kappa shape index (κ2) is 5.78. The summed E-state index contributed by atoms with van der Waals surface area (Å²) in [5, 5.41) is 0. The average molecular weight is 288 g/mol. The van der Waals surface area contributed by atoms with Gasteiger partial charge in [-0.25, -0.2) is 4.79 Å². The molecule has 4 heteroatoms. The van der Waals surface area contributed by atoms with Crippen LogP contribution in [0.15, 0.2) is 30.3 Å². The Morgan fingerprint density at radius 1 is 1.38 bits per heavy atom. The van der Waals surface area contributed by atoms with Crippen LogP contribution >= 0.6 is 0 Å². The SMILES string of the molecule is COC(=O)C(N)(CCN1CC2CCC1C2)c1ccccc1. The molecule has 1 aromatic rings. The summed E-state index contributed by atoms with van der Waals surface area (Å²) in [6.07, 6.45) is 4.59. The molecule has 0 aromatic heterocycles. The molecule has 1 saturated heterocycles. The minimum atomic E-state index is -1.04. The van der Waals surface area contributed by atoms with Crippen LogP contribution in [-0.2, 0) is 15.1 Å². The number of ether oxygens (including phenoxy) is 1. The van der Waals surface area contributed by atoms with E-state index in [1.54, 1.807) is 0 Å². The molecule has 0 radical (unpaired) electrons. The number of hydrogen-bond donors (Lipinski definition) is 1. The van der Waals surface area contributed by atoms with Gasteiger partial charge in [-0.2, -0.15) is 0 Å². The molecule has 0 amide bonds. The summed E-state index contributed by atoms with van der Waals surface area (Å²) < 4.78 is 4.96. The molecule has 2 N–H and O–H groups in total. The first-order valence-corrected chi connectivity index (χ1v) is 7.80. The third kappa shape index (κ3) is 2.70. The van der Waals surface area contributed by atoms with E-state index in [4.69, 9.17) is 10.5 Å². The molecule has 2 fully saturated rings. The van der Waals surface area contributed by atoms with Crippen LogP contribution in [0.5, 0.6) is 0 Å². The van der Waals surface area contributed by atoms with Crippen LogP contribution in [0.4, 0.5) is 0 Å². The fourth-order valence-corrected chi connectivity index (χ4v) is 3.90. The third-order valence-electron chi connectivity index (χ3n) is 5.15. The largest absolute Gasteiger partial charge is 0.467 e. The summed E-state index contributed by atoms with van der Waals surface area (Å²) in [7, 11) is 1.41. The van der Waals surface area contributed by atoms with E-state index in [1.165, 1.54) is 26.4 Å². The lowest BCUT2D eigenvalue weighted by atomic mass is 9.87. The van der Waals surface area contributed by atoms with Crippen LogP contribution in [0.1, 0.15) is 31.2 Å². The van der Waals surface area contributed by atoms with Crippen molar-refractivity contribution in [2.45, 2.75) is 37.3 Å². The molecule has 21 heavy (non-hydrogen) atoms. The van der Waals surface area contributed by atoms with Crippen LogP contribution in [0.3, 0.4) is 0 Å². The summed E-state index contributed by atoms with van der Waals surface area (Å²) in [5.74, 6) is 0.509. The quantitative estimate of drug-likeness (QED) is 0.841. The molecular formula is C17H24N2O2. The summed E-state index contributed by atoms with van der Waals surface area (Å²) >= 11 is 0. The van der Waals surface area contributed by atoms with Gasteiger partial charge in [-0.3, -0.25) is 0 Å². The Kier molecular flexibility index (Phi) is 4.00. The maximum absolute atomic E-state index is 12.2. The van der Waals surface area contributed by atoms with Gasteiger partial charge in [0.25, 0.3) is 0 Å². The second-order valence-electron chi connectivity index (χ2n) is 6.41. The number of carbonyl (C=O) groups is 1. The van der Waals surface area contributed by atoms with Crippen LogP contribution < -0.4 is 5.73 Å². The average Bonchev–Trinajstić information content (AvgIpc) is 3.15. The molecule has 0 spiro atoms. The van der Waals surface area contributed by atoms with Gasteiger partial charge in [-0.1, -0.05) is 30.3 Å². The molecule has 4 nitrogen and oxygen atoms in total. The maximum Gasteiger partial charge on any atom is 0.330 e. The van der Waals surface area contributed by atoms with E-state index >= 15 is 0 Å². The molecule has 1 aromatic carbocycles. The maximum atomic E-state index is 12.2. The highest BCUT2D eigenvalue weighted by molar-refractivity contribution is 5.82. The number of methoxy groups -OCH3 is 1. The lowest BCUT2D eigenvalue weighted by molar-refractivity contribution is -0.148. The molecule has 1 aliphatic carbocycles. The van der Waals surface area contributed by atoms with Gasteiger partial charge in [0.05, 0.1) is 7.11 Å². The molecule has 3 rings (SSSR count). The minimum Gasteiger partial charge on any atom is -0.467 e. The van der Waals surface area contributed by atoms with Crippen molar-refractivity contribution in [1.29, 1.82) is 0 Å². The normalized spacial score (nSPS) is 27.5. The highest BCUT2D eigenvalue weighted by Crippen LogP contribution is 2.38. The third-order valence-corrected chi connectivity index (χ3v) is 5.15. The van der Waals surface area contributed by atoms with Gasteiger partial charge < -0.3 is 15.4 Å². The molecule has 3 unspecified atom stereocenters. The fraction of sp³-hybridized carbons (Fsp3) is 0.588. The summed E-state index contributed by atoms with van der Waals surface area (Å²) in [4.78, 5) is 14.7. The number of rotatable bonds is 5. The zero-order chi connectivity index (χ0) is 14.9. The summed E-state index contributed by atoms with van der Waals surface area (Å²) in [5.41, 5.74) is 6.24. The molecule has 114 valence electrons. The lowest BCUT2D eigenvalue weighted by Crippen LogP contribution is -2.48. The molecule has 2 aliphatic rings. The molecule has 1 heterocycles. The smallest absolute Gasteiger partial charge is 0.330 e. The topological polar surface area (TPSA) is 55.6 Å². The van der Waals surface area contributed by atoms with E-state index in [1.807, 2.05) is 30.3 Å². The van der Waals surface area contributed by atoms with Crippen molar-refractivity contribution in [1.82, 2.24) is 4.90 Å². The Morgan fingerprint density at radius 2 is 2.14 bits per heavy atom. The zero-order valence-electron chi connectivity index (χ0n) is 12.6. The fourth-order valence-electron chi connectivity index (χ4n) is 3.90. The monoisotopic (exact) mass is 288 g/mol. The van der Waals surface area contributed by atoms with E-state index < -0.39 is 5.54 Å². The Hall–Kier alpha value is -1.39. The number of esters is 1. The number of fused-ring (bicyclic) bond motifs is 2. The lowest BCUT2D eigenvalue weighted by Gasteiger charge is -2.32. The highest BCUT2D eigenvalue weighted by Gasteiger charge is 2.41. The van der Waals surface area contributed by atoms with Crippen LogP contribution in [-0.4, -0.2) is 37.1 Å². The zero-order valence-corrected chi connectivity index (χ0v) is 12.6. The van der Waals surface area contributed by atoms with E-state index in [-0.39, 0.29) is 5.97 Å². The number of nitrogens with two attached hydrogens (primary N) is 1. The first-order valence-electron chi connectivity index (χ1n) is 7.80. The molecular weight excluding hydrogens is 264 g/mol. The van der Waals surface area contributed by atoms with E-state index in [0.717, 1.165) is 24.6 Å². The number of hydrogen-bond acceptors (Lipinski definition) is 4. The van der Waals surface area contributed by atoms with E-state index in [2.05, 4.69) is 4.90 Å². The van der Waals surface area contributed by atoms with Crippen LogP contribution in [0.2, 0.25) is 0 Å². The first kappa shape index (κ1) is 14.5. The Balaban J connectivity index is 1.72. The second-order valence-corrected chi connectivity index (χ2v) is 6.41. The van der Waals surface area contributed by atoms with Crippen molar-refractivity contribution < 1.29 is 9.53 Å². The predicted molar refractivity (Wildman–Crippen MR) is 81.6 cm³/mol. The van der Waals surface area contributed by atoms with Gasteiger partial charge in [0.15, 0.2) is 0 Å². The molecule has 3 atom stereocenters. The number of nitrogens with zero attached hydrogens (tertiary/aromatic N) is 1. The predicted octanol–water partition coefficient (Wildman–Crippen LogP) is 1.89. The van der Waals surface area contributed by atoms with Crippen molar-refractivity contribution in [3.8, 4) is 0 Å². The minimum absolute atomic E-state index is 0.349. The Bertz CT molecular complexity index is 505. The van der Waals surface area contributed by atoms with Crippen molar-refractivity contribution >= 4 is 5.97 Å². The number of benzene rings is 1. The Labute approximate surface area is 126 Å². The number of piperidine rings is 1.